The van der Waals surface area contributed by atoms with Gasteiger partial charge in [0.15, 0.2) is 5.52 Å². The van der Waals surface area contributed by atoms with E-state index in [1.807, 2.05) is 36.4 Å². The van der Waals surface area contributed by atoms with E-state index in [0.717, 1.165) is 11.3 Å². The Kier molecular flexibility index (Phi) is 2.26. The molecule has 1 aromatic carbocycles. The summed E-state index contributed by atoms with van der Waals surface area (Å²) in [4.78, 5) is 21.6. The third-order valence-corrected chi connectivity index (χ3v) is 2.67. The number of hydrogen-bond donors (Lipinski definition) is 2. The van der Waals surface area contributed by atoms with Crippen molar-refractivity contribution in [2.45, 2.75) is 6.42 Å². The maximum atomic E-state index is 11.5. The SMILES string of the molecule is O=c1[nH]ccc2[nH]c(Cc3ccccc3)nc12. The molecule has 0 aliphatic heterocycles. The van der Waals surface area contributed by atoms with Gasteiger partial charge in [0.2, 0.25) is 0 Å². The zero-order chi connectivity index (χ0) is 11.7. The van der Waals surface area contributed by atoms with Gasteiger partial charge in [0.1, 0.15) is 5.82 Å². The molecule has 2 N–H and O–H groups in total. The standard InChI is InChI=1S/C13H11N3O/c17-13-12-10(6-7-14-13)15-11(16-12)8-9-4-2-1-3-5-9/h1-7H,8H2,(H,14,17)(H,15,16). The molecule has 0 saturated heterocycles. The predicted molar refractivity (Wildman–Crippen MR) is 66.0 cm³/mol. The second-order valence-corrected chi connectivity index (χ2v) is 3.91. The van der Waals surface area contributed by atoms with Crippen molar-refractivity contribution in [2.24, 2.45) is 0 Å². The second kappa shape index (κ2) is 3.90. The Morgan fingerprint density at radius 1 is 1.12 bits per heavy atom. The Balaban J connectivity index is 2.02. The van der Waals surface area contributed by atoms with Crippen LogP contribution >= 0.6 is 0 Å². The van der Waals surface area contributed by atoms with E-state index in [1.54, 1.807) is 6.20 Å². The number of nitrogens with zero attached hydrogens (tertiary/aromatic N) is 1. The Hall–Kier alpha value is -2.36. The number of benzene rings is 1. The molecule has 0 bridgehead atoms. The highest BCUT2D eigenvalue weighted by molar-refractivity contribution is 5.73. The van der Waals surface area contributed by atoms with Gasteiger partial charge in [-0.2, -0.15) is 0 Å². The van der Waals surface area contributed by atoms with Crippen LogP contribution in [0.2, 0.25) is 0 Å². The van der Waals surface area contributed by atoms with Crippen LogP contribution in [0.3, 0.4) is 0 Å². The molecule has 0 aliphatic rings. The van der Waals surface area contributed by atoms with Gasteiger partial charge >= 0.3 is 0 Å². The molecular formula is C13H11N3O. The number of rotatable bonds is 2. The van der Waals surface area contributed by atoms with Gasteiger partial charge in [0, 0.05) is 12.6 Å². The highest BCUT2D eigenvalue weighted by Gasteiger charge is 2.05. The molecule has 4 nitrogen and oxygen atoms in total. The smallest absolute Gasteiger partial charge is 0.276 e. The fraction of sp³-hybridized carbons (Fsp3) is 0.0769. The van der Waals surface area contributed by atoms with Crippen LogP contribution < -0.4 is 5.56 Å². The van der Waals surface area contributed by atoms with E-state index in [9.17, 15) is 4.79 Å². The molecule has 0 amide bonds. The third-order valence-electron chi connectivity index (χ3n) is 2.67. The quantitative estimate of drug-likeness (QED) is 0.699. The average Bonchev–Trinajstić information content (AvgIpc) is 2.74. The minimum Gasteiger partial charge on any atom is -0.341 e. The van der Waals surface area contributed by atoms with Crippen LogP contribution in [-0.4, -0.2) is 15.0 Å². The number of aromatic amines is 2. The van der Waals surface area contributed by atoms with Crippen molar-refractivity contribution >= 4 is 11.0 Å². The number of imidazole rings is 1. The summed E-state index contributed by atoms with van der Waals surface area (Å²) in [6.45, 7) is 0. The Morgan fingerprint density at radius 2 is 1.94 bits per heavy atom. The topological polar surface area (TPSA) is 61.5 Å². The summed E-state index contributed by atoms with van der Waals surface area (Å²) in [5.41, 5.74) is 2.26. The summed E-state index contributed by atoms with van der Waals surface area (Å²) in [6, 6.07) is 11.9. The number of pyridine rings is 1. The minimum absolute atomic E-state index is 0.155. The van der Waals surface area contributed by atoms with E-state index in [-0.39, 0.29) is 5.56 Å². The molecule has 2 aromatic heterocycles. The lowest BCUT2D eigenvalue weighted by atomic mass is 10.1. The molecule has 0 spiro atoms. The largest absolute Gasteiger partial charge is 0.341 e. The molecule has 4 heteroatoms. The molecular weight excluding hydrogens is 214 g/mol. The van der Waals surface area contributed by atoms with Crippen molar-refractivity contribution in [3.63, 3.8) is 0 Å². The number of aromatic nitrogens is 3. The summed E-state index contributed by atoms with van der Waals surface area (Å²) in [5.74, 6) is 0.808. The first kappa shape index (κ1) is 9.84. The van der Waals surface area contributed by atoms with Crippen LogP contribution in [0.5, 0.6) is 0 Å². The van der Waals surface area contributed by atoms with Gasteiger partial charge in [-0.3, -0.25) is 4.79 Å². The molecule has 0 radical (unpaired) electrons. The van der Waals surface area contributed by atoms with E-state index in [0.29, 0.717) is 11.9 Å². The third kappa shape index (κ3) is 1.85. The van der Waals surface area contributed by atoms with Crippen molar-refractivity contribution in [2.75, 3.05) is 0 Å². The predicted octanol–water partition coefficient (Wildman–Crippen LogP) is 1.84. The van der Waals surface area contributed by atoms with Crippen molar-refractivity contribution in [1.29, 1.82) is 0 Å². The number of H-pyrrole nitrogens is 2. The fourth-order valence-electron chi connectivity index (χ4n) is 1.87. The van der Waals surface area contributed by atoms with Crippen molar-refractivity contribution in [3.05, 3.63) is 64.3 Å². The van der Waals surface area contributed by atoms with Crippen LogP contribution in [-0.2, 0) is 6.42 Å². The summed E-state index contributed by atoms with van der Waals surface area (Å²) in [5, 5.41) is 0. The van der Waals surface area contributed by atoms with Crippen LogP contribution in [0.4, 0.5) is 0 Å². The summed E-state index contributed by atoms with van der Waals surface area (Å²) in [7, 11) is 0. The van der Waals surface area contributed by atoms with E-state index in [4.69, 9.17) is 0 Å². The molecule has 2 heterocycles. The van der Waals surface area contributed by atoms with Crippen LogP contribution in [0.15, 0.2) is 47.4 Å². The van der Waals surface area contributed by atoms with Gasteiger partial charge in [-0.05, 0) is 11.6 Å². The van der Waals surface area contributed by atoms with Gasteiger partial charge in [0.25, 0.3) is 5.56 Å². The molecule has 3 rings (SSSR count). The highest BCUT2D eigenvalue weighted by Crippen LogP contribution is 2.10. The van der Waals surface area contributed by atoms with Gasteiger partial charge < -0.3 is 9.97 Å². The second-order valence-electron chi connectivity index (χ2n) is 3.91. The maximum Gasteiger partial charge on any atom is 0.276 e. The molecule has 0 aliphatic carbocycles. The summed E-state index contributed by atoms with van der Waals surface area (Å²) in [6.07, 6.45) is 2.32. The highest BCUT2D eigenvalue weighted by atomic mass is 16.1. The monoisotopic (exact) mass is 225 g/mol. The lowest BCUT2D eigenvalue weighted by Crippen LogP contribution is -2.04. The normalized spacial score (nSPS) is 10.8. The average molecular weight is 225 g/mol. The van der Waals surface area contributed by atoms with Crippen molar-refractivity contribution < 1.29 is 0 Å². The van der Waals surface area contributed by atoms with Gasteiger partial charge in [-0.25, -0.2) is 4.98 Å². The molecule has 0 saturated carbocycles. The first-order valence-electron chi connectivity index (χ1n) is 5.43. The number of nitrogens with one attached hydrogen (secondary N) is 2. The zero-order valence-corrected chi connectivity index (χ0v) is 9.10. The number of hydrogen-bond acceptors (Lipinski definition) is 2. The Morgan fingerprint density at radius 3 is 2.71 bits per heavy atom. The van der Waals surface area contributed by atoms with Crippen LogP contribution in [0.1, 0.15) is 11.4 Å². The van der Waals surface area contributed by atoms with Crippen molar-refractivity contribution in [3.8, 4) is 0 Å². The molecule has 0 fully saturated rings. The van der Waals surface area contributed by atoms with Gasteiger partial charge in [-0.1, -0.05) is 30.3 Å². The van der Waals surface area contributed by atoms with E-state index < -0.39 is 0 Å². The molecule has 0 atom stereocenters. The van der Waals surface area contributed by atoms with Crippen LogP contribution in [0.25, 0.3) is 11.0 Å². The van der Waals surface area contributed by atoms with E-state index in [2.05, 4.69) is 15.0 Å². The lowest BCUT2D eigenvalue weighted by molar-refractivity contribution is 1.04. The van der Waals surface area contributed by atoms with Crippen LogP contribution in [0, 0.1) is 0 Å². The van der Waals surface area contributed by atoms with E-state index in [1.165, 1.54) is 5.56 Å². The Labute approximate surface area is 97.3 Å². The minimum atomic E-state index is -0.155. The zero-order valence-electron chi connectivity index (χ0n) is 9.10. The molecule has 84 valence electrons. The van der Waals surface area contributed by atoms with Crippen molar-refractivity contribution in [1.82, 2.24) is 15.0 Å². The lowest BCUT2D eigenvalue weighted by Gasteiger charge is -1.95. The molecule has 17 heavy (non-hydrogen) atoms. The van der Waals surface area contributed by atoms with E-state index >= 15 is 0 Å². The summed E-state index contributed by atoms with van der Waals surface area (Å²) < 4.78 is 0. The Bertz CT molecular complexity index is 697. The van der Waals surface area contributed by atoms with Gasteiger partial charge in [-0.15, -0.1) is 0 Å². The number of fused-ring (bicyclic) bond motifs is 1. The first-order chi connectivity index (χ1) is 8.33. The van der Waals surface area contributed by atoms with Gasteiger partial charge in [0.05, 0.1) is 5.52 Å². The fourth-order valence-corrected chi connectivity index (χ4v) is 1.87. The summed E-state index contributed by atoms with van der Waals surface area (Å²) >= 11 is 0. The molecule has 3 aromatic rings. The first-order valence-corrected chi connectivity index (χ1v) is 5.43. The molecule has 0 unspecified atom stereocenters. The maximum absolute atomic E-state index is 11.5.